The van der Waals surface area contributed by atoms with Gasteiger partial charge in [0.05, 0.1) is 21.8 Å². The average Bonchev–Trinajstić information content (AvgIpc) is 2.72. The van der Waals surface area contributed by atoms with E-state index < -0.39 is 17.5 Å². The van der Waals surface area contributed by atoms with E-state index in [0.717, 1.165) is 48.4 Å². The number of hydrogen-bond acceptors (Lipinski definition) is 3. The molecule has 0 unspecified atom stereocenters. The first-order chi connectivity index (χ1) is 14.3. The number of amides is 1. The van der Waals surface area contributed by atoms with Crippen LogP contribution in [0.3, 0.4) is 0 Å². The highest BCUT2D eigenvalue weighted by molar-refractivity contribution is 9.10. The molecule has 1 aliphatic heterocycles. The Morgan fingerprint density at radius 3 is 2.60 bits per heavy atom. The zero-order chi connectivity index (χ0) is 21.4. The molecule has 2 aromatic carbocycles. The molecule has 1 aliphatic rings. The van der Waals surface area contributed by atoms with Crippen molar-refractivity contribution in [3.63, 3.8) is 0 Å². The number of pyridine rings is 1. The van der Waals surface area contributed by atoms with Gasteiger partial charge in [-0.15, -0.1) is 0 Å². The summed E-state index contributed by atoms with van der Waals surface area (Å²) in [5.74, 6) is -1.39. The van der Waals surface area contributed by atoms with Crippen LogP contribution < -0.4 is 10.2 Å². The van der Waals surface area contributed by atoms with Crippen molar-refractivity contribution in [3.05, 3.63) is 62.6 Å². The number of carbonyl (C=O) groups excluding carboxylic acids is 1. The fourth-order valence-electron chi connectivity index (χ4n) is 3.83. The predicted molar refractivity (Wildman–Crippen MR) is 120 cm³/mol. The lowest BCUT2D eigenvalue weighted by Gasteiger charge is -2.30. The molecular weight excluding hydrogens is 476 g/mol. The smallest absolute Gasteiger partial charge is 0.256 e. The molecule has 2 heterocycles. The Labute approximate surface area is 186 Å². The van der Waals surface area contributed by atoms with Crippen LogP contribution in [0.15, 0.2) is 34.8 Å². The van der Waals surface area contributed by atoms with Gasteiger partial charge < -0.3 is 10.2 Å². The lowest BCUT2D eigenvalue weighted by Crippen LogP contribution is -2.31. The molecule has 1 saturated heterocycles. The second kappa shape index (κ2) is 8.47. The molecule has 0 bridgehead atoms. The summed E-state index contributed by atoms with van der Waals surface area (Å²) in [6.07, 6.45) is 3.30. The fraction of sp³-hybridized carbons (Fsp3) is 0.273. The Kier molecular flexibility index (Phi) is 5.93. The van der Waals surface area contributed by atoms with Crippen molar-refractivity contribution >= 4 is 55.8 Å². The van der Waals surface area contributed by atoms with E-state index in [1.54, 1.807) is 0 Å². The molecule has 1 amide bonds. The summed E-state index contributed by atoms with van der Waals surface area (Å²) in [6, 6.07) is 7.24. The van der Waals surface area contributed by atoms with Gasteiger partial charge in [0.15, 0.2) is 0 Å². The first-order valence-corrected chi connectivity index (χ1v) is 10.8. The molecule has 4 nitrogen and oxygen atoms in total. The topological polar surface area (TPSA) is 45.2 Å². The van der Waals surface area contributed by atoms with Gasteiger partial charge in [0.25, 0.3) is 5.91 Å². The fourth-order valence-corrected chi connectivity index (χ4v) is 4.34. The monoisotopic (exact) mass is 493 g/mol. The average molecular weight is 495 g/mol. The summed E-state index contributed by atoms with van der Waals surface area (Å²) >= 11 is 9.06. The molecule has 0 aliphatic carbocycles. The predicted octanol–water partition coefficient (Wildman–Crippen LogP) is 6.48. The van der Waals surface area contributed by atoms with E-state index >= 15 is 0 Å². The zero-order valence-electron chi connectivity index (χ0n) is 16.2. The molecule has 1 N–H and O–H groups in total. The number of benzene rings is 2. The van der Waals surface area contributed by atoms with Crippen LogP contribution in [-0.2, 0) is 0 Å². The Hall–Kier alpha value is -2.25. The number of anilines is 2. The van der Waals surface area contributed by atoms with E-state index in [1.807, 2.05) is 25.1 Å². The number of carbonyl (C=O) groups is 1. The quantitative estimate of drug-likeness (QED) is 0.424. The van der Waals surface area contributed by atoms with Crippen LogP contribution in [0.4, 0.5) is 20.3 Å². The summed E-state index contributed by atoms with van der Waals surface area (Å²) in [4.78, 5) is 20.2. The number of nitrogens with zero attached hydrogens (tertiary/aromatic N) is 2. The largest absolute Gasteiger partial charge is 0.356 e. The summed E-state index contributed by atoms with van der Waals surface area (Å²) in [5.41, 5.74) is 1.49. The van der Waals surface area contributed by atoms with Gasteiger partial charge in [-0.2, -0.15) is 0 Å². The Morgan fingerprint density at radius 2 is 1.87 bits per heavy atom. The van der Waals surface area contributed by atoms with Crippen LogP contribution in [0.25, 0.3) is 10.9 Å². The van der Waals surface area contributed by atoms with Crippen LogP contribution in [0, 0.1) is 18.6 Å². The Balaban J connectivity index is 1.83. The molecule has 8 heteroatoms. The van der Waals surface area contributed by atoms with Crippen molar-refractivity contribution in [3.8, 4) is 0 Å². The van der Waals surface area contributed by atoms with E-state index in [9.17, 15) is 13.6 Å². The number of nitrogens with one attached hydrogen (secondary N) is 1. The van der Waals surface area contributed by atoms with Crippen LogP contribution in [0.2, 0.25) is 5.02 Å². The Bertz CT molecular complexity index is 1150. The van der Waals surface area contributed by atoms with Gasteiger partial charge >= 0.3 is 0 Å². The highest BCUT2D eigenvalue weighted by Crippen LogP contribution is 2.33. The third-order valence-corrected chi connectivity index (χ3v) is 6.09. The van der Waals surface area contributed by atoms with Gasteiger partial charge in [0.2, 0.25) is 0 Å². The minimum absolute atomic E-state index is 0.263. The van der Waals surface area contributed by atoms with E-state index in [0.29, 0.717) is 22.0 Å². The maximum Gasteiger partial charge on any atom is 0.256 e. The van der Waals surface area contributed by atoms with Gasteiger partial charge in [0.1, 0.15) is 17.5 Å². The molecular formula is C22H19BrClF2N3O. The van der Waals surface area contributed by atoms with Crippen molar-refractivity contribution in [1.82, 2.24) is 4.98 Å². The lowest BCUT2D eigenvalue weighted by molar-refractivity contribution is 0.102. The summed E-state index contributed by atoms with van der Waals surface area (Å²) in [7, 11) is 0. The number of rotatable bonds is 3. The third kappa shape index (κ3) is 4.01. The second-order valence-corrected chi connectivity index (χ2v) is 8.67. The van der Waals surface area contributed by atoms with Crippen molar-refractivity contribution in [2.45, 2.75) is 26.2 Å². The van der Waals surface area contributed by atoms with Crippen LogP contribution >= 0.6 is 27.5 Å². The molecule has 0 spiro atoms. The van der Waals surface area contributed by atoms with Crippen molar-refractivity contribution < 1.29 is 13.6 Å². The maximum absolute atomic E-state index is 14.3. The molecule has 3 aromatic rings. The van der Waals surface area contributed by atoms with Gasteiger partial charge in [-0.1, -0.05) is 27.5 Å². The zero-order valence-corrected chi connectivity index (χ0v) is 18.6. The van der Waals surface area contributed by atoms with Crippen molar-refractivity contribution in [2.75, 3.05) is 23.3 Å². The number of halogens is 4. The first-order valence-electron chi connectivity index (χ1n) is 9.66. The molecule has 0 saturated carbocycles. The minimum Gasteiger partial charge on any atom is -0.356 e. The van der Waals surface area contributed by atoms with Gasteiger partial charge in [0, 0.05) is 34.6 Å². The third-order valence-electron chi connectivity index (χ3n) is 5.31. The van der Waals surface area contributed by atoms with Crippen LogP contribution in [0.5, 0.6) is 0 Å². The van der Waals surface area contributed by atoms with Crippen LogP contribution in [0.1, 0.15) is 35.2 Å². The highest BCUT2D eigenvalue weighted by Gasteiger charge is 2.23. The van der Waals surface area contributed by atoms with E-state index in [4.69, 9.17) is 16.6 Å². The number of piperidine rings is 1. The van der Waals surface area contributed by atoms with Crippen molar-refractivity contribution in [2.24, 2.45) is 0 Å². The van der Waals surface area contributed by atoms with Crippen molar-refractivity contribution in [1.29, 1.82) is 0 Å². The highest BCUT2D eigenvalue weighted by atomic mass is 79.9. The summed E-state index contributed by atoms with van der Waals surface area (Å²) in [5, 5.41) is 2.80. The molecule has 0 radical (unpaired) electrons. The minimum atomic E-state index is -0.804. The number of hydrogen-bond donors (Lipinski definition) is 1. The van der Waals surface area contributed by atoms with Gasteiger partial charge in [-0.3, -0.25) is 4.79 Å². The second-order valence-electron chi connectivity index (χ2n) is 7.34. The SMILES string of the molecule is Cc1c(N2CCCCC2)nc2ccc(Br)cc2c1C(=O)Nc1cc(F)c(Cl)cc1F. The number of fused-ring (bicyclic) bond motifs is 1. The summed E-state index contributed by atoms with van der Waals surface area (Å²) < 4.78 is 28.9. The van der Waals surface area contributed by atoms with Crippen LogP contribution in [-0.4, -0.2) is 24.0 Å². The normalized spacial score (nSPS) is 14.2. The Morgan fingerprint density at radius 1 is 1.13 bits per heavy atom. The molecule has 1 aromatic heterocycles. The number of aromatic nitrogens is 1. The van der Waals surface area contributed by atoms with Gasteiger partial charge in [-0.05, 0) is 50.5 Å². The molecule has 0 atom stereocenters. The first kappa shape index (κ1) is 21.0. The summed E-state index contributed by atoms with van der Waals surface area (Å²) in [6.45, 7) is 3.58. The van der Waals surface area contributed by atoms with E-state index in [1.165, 1.54) is 6.42 Å². The lowest BCUT2D eigenvalue weighted by atomic mass is 10.0. The molecule has 30 heavy (non-hydrogen) atoms. The van der Waals surface area contributed by atoms with E-state index in [2.05, 4.69) is 26.1 Å². The maximum atomic E-state index is 14.3. The van der Waals surface area contributed by atoms with Gasteiger partial charge in [-0.25, -0.2) is 13.8 Å². The molecule has 156 valence electrons. The molecule has 1 fully saturated rings. The standard InChI is InChI=1S/C22H19BrClF2N3O/c1-12-20(22(30)28-19-11-16(25)15(24)10-17(19)26)14-9-13(23)5-6-18(14)27-21(12)29-7-3-2-4-8-29/h5-6,9-11H,2-4,7-8H2,1H3,(H,28,30). The van der Waals surface area contributed by atoms with E-state index in [-0.39, 0.29) is 10.7 Å². The molecule has 4 rings (SSSR count).